The van der Waals surface area contributed by atoms with Crippen molar-refractivity contribution in [3.63, 3.8) is 0 Å². The second-order valence-electron chi connectivity index (χ2n) is 8.41. The van der Waals surface area contributed by atoms with E-state index in [-0.39, 0.29) is 17.8 Å². The smallest absolute Gasteiger partial charge is 0.225 e. The predicted molar refractivity (Wildman–Crippen MR) is 120 cm³/mol. The number of amides is 1. The van der Waals surface area contributed by atoms with Gasteiger partial charge in [-0.05, 0) is 50.8 Å². The molecule has 2 aliphatic rings. The Balaban J connectivity index is 1.43. The van der Waals surface area contributed by atoms with Gasteiger partial charge in [0.05, 0.1) is 0 Å². The van der Waals surface area contributed by atoms with E-state index in [1.807, 2.05) is 22.9 Å². The molecule has 1 aromatic rings. The lowest BCUT2D eigenvalue weighted by Gasteiger charge is -2.22. The topological polar surface area (TPSA) is 60.0 Å². The molecule has 1 saturated carbocycles. The van der Waals surface area contributed by atoms with E-state index in [9.17, 15) is 9.18 Å². The van der Waals surface area contributed by atoms with Crippen LogP contribution in [0, 0.1) is 11.7 Å². The molecule has 1 unspecified atom stereocenters. The van der Waals surface area contributed by atoms with Crippen LogP contribution in [0.2, 0.25) is 0 Å². The van der Waals surface area contributed by atoms with E-state index in [2.05, 4.69) is 17.6 Å². The van der Waals surface area contributed by atoms with E-state index in [4.69, 9.17) is 4.99 Å². The minimum Gasteiger partial charge on any atom is -0.374 e. The van der Waals surface area contributed by atoms with Crippen molar-refractivity contribution in [2.24, 2.45) is 10.9 Å². The van der Waals surface area contributed by atoms with Crippen molar-refractivity contribution >= 4 is 17.6 Å². The molecule has 0 aromatic heterocycles. The van der Waals surface area contributed by atoms with Gasteiger partial charge in [-0.2, -0.15) is 0 Å². The first kappa shape index (κ1) is 22.4. The number of rotatable bonds is 8. The van der Waals surface area contributed by atoms with Crippen LogP contribution < -0.4 is 15.5 Å². The highest BCUT2D eigenvalue weighted by atomic mass is 19.1. The number of halogens is 1. The van der Waals surface area contributed by atoms with Crippen molar-refractivity contribution in [1.82, 2.24) is 15.5 Å². The van der Waals surface area contributed by atoms with Crippen molar-refractivity contribution in [3.8, 4) is 0 Å². The number of carbonyl (C=O) groups excluding carboxylic acids is 1. The summed E-state index contributed by atoms with van der Waals surface area (Å²) in [5.41, 5.74) is 0.877. The van der Waals surface area contributed by atoms with Gasteiger partial charge in [0.2, 0.25) is 5.91 Å². The van der Waals surface area contributed by atoms with Crippen LogP contribution in [-0.2, 0) is 4.79 Å². The van der Waals surface area contributed by atoms with Gasteiger partial charge < -0.3 is 20.4 Å². The van der Waals surface area contributed by atoms with Crippen molar-refractivity contribution in [2.45, 2.75) is 51.5 Å². The normalized spacial score (nSPS) is 19.9. The van der Waals surface area contributed by atoms with Gasteiger partial charge in [0.25, 0.3) is 0 Å². The molecule has 1 aromatic carbocycles. The average Bonchev–Trinajstić information content (AvgIpc) is 3.43. The lowest BCUT2D eigenvalue weighted by Crippen LogP contribution is -2.45. The molecule has 1 heterocycles. The zero-order chi connectivity index (χ0) is 21.3. The highest BCUT2D eigenvalue weighted by Gasteiger charge is 2.32. The third-order valence-corrected chi connectivity index (χ3v) is 6.06. The summed E-state index contributed by atoms with van der Waals surface area (Å²) in [5.74, 6) is 1.19. The third-order valence-electron chi connectivity index (χ3n) is 6.06. The third kappa shape index (κ3) is 6.34. The van der Waals surface area contributed by atoms with E-state index in [1.54, 1.807) is 12.1 Å². The SMILES string of the molecule is CCNC(=NCCCN(C)c1cccc(F)c1)NC1CCN(C(=O)C2CCCC2)C1. The van der Waals surface area contributed by atoms with E-state index < -0.39 is 0 Å². The Morgan fingerprint density at radius 1 is 1.30 bits per heavy atom. The maximum absolute atomic E-state index is 13.4. The van der Waals surface area contributed by atoms with E-state index >= 15 is 0 Å². The molecule has 166 valence electrons. The number of benzene rings is 1. The van der Waals surface area contributed by atoms with E-state index in [0.29, 0.717) is 12.5 Å². The molecule has 1 saturated heterocycles. The molecule has 0 bridgehead atoms. The number of carbonyl (C=O) groups is 1. The molecule has 1 aliphatic carbocycles. The van der Waals surface area contributed by atoms with Gasteiger partial charge in [0, 0.05) is 57.4 Å². The first-order valence-corrected chi connectivity index (χ1v) is 11.4. The number of nitrogens with one attached hydrogen (secondary N) is 2. The molecule has 1 atom stereocenters. The monoisotopic (exact) mass is 417 g/mol. The van der Waals surface area contributed by atoms with Crippen LogP contribution >= 0.6 is 0 Å². The number of guanidine groups is 1. The van der Waals surface area contributed by atoms with Gasteiger partial charge in [-0.25, -0.2) is 4.39 Å². The van der Waals surface area contributed by atoms with Crippen molar-refractivity contribution in [3.05, 3.63) is 30.1 Å². The highest BCUT2D eigenvalue weighted by Crippen LogP contribution is 2.27. The fraction of sp³-hybridized carbons (Fsp3) is 0.652. The zero-order valence-corrected chi connectivity index (χ0v) is 18.4. The van der Waals surface area contributed by atoms with Crippen LogP contribution in [0.5, 0.6) is 0 Å². The number of hydrogen-bond donors (Lipinski definition) is 2. The van der Waals surface area contributed by atoms with Crippen molar-refractivity contribution in [2.75, 3.05) is 44.7 Å². The summed E-state index contributed by atoms with van der Waals surface area (Å²) in [5, 5.41) is 6.81. The summed E-state index contributed by atoms with van der Waals surface area (Å²) in [6.07, 6.45) is 6.34. The van der Waals surface area contributed by atoms with Gasteiger partial charge in [0.1, 0.15) is 5.82 Å². The average molecular weight is 418 g/mol. The molecular formula is C23H36FN5O. The molecule has 3 rings (SSSR count). The Morgan fingerprint density at radius 3 is 2.83 bits per heavy atom. The van der Waals surface area contributed by atoms with E-state index in [0.717, 1.165) is 63.5 Å². The lowest BCUT2D eigenvalue weighted by molar-refractivity contribution is -0.134. The number of aliphatic imine (C=N–C) groups is 1. The molecule has 2 N–H and O–H groups in total. The number of nitrogens with zero attached hydrogens (tertiary/aromatic N) is 3. The number of anilines is 1. The standard InChI is InChI=1S/C23H36FN5O/c1-3-25-23(26-13-7-14-28(2)21-11-6-10-19(24)16-21)27-20-12-15-29(17-20)22(30)18-8-4-5-9-18/h6,10-11,16,18,20H,3-5,7-9,12-15,17H2,1-2H3,(H2,25,26,27). The molecule has 2 fully saturated rings. The summed E-state index contributed by atoms with van der Waals surface area (Å²) in [7, 11) is 1.97. The quantitative estimate of drug-likeness (QED) is 0.388. The van der Waals surface area contributed by atoms with Gasteiger partial charge in [-0.3, -0.25) is 9.79 Å². The minimum absolute atomic E-state index is 0.215. The molecule has 0 spiro atoms. The Kier molecular flexibility index (Phi) is 8.34. The van der Waals surface area contributed by atoms with Crippen LogP contribution in [-0.4, -0.2) is 62.6 Å². The largest absolute Gasteiger partial charge is 0.374 e. The summed E-state index contributed by atoms with van der Waals surface area (Å²) in [6, 6.07) is 6.91. The first-order valence-electron chi connectivity index (χ1n) is 11.4. The Labute approximate surface area is 179 Å². The van der Waals surface area contributed by atoms with Crippen LogP contribution in [0.4, 0.5) is 10.1 Å². The van der Waals surface area contributed by atoms with Gasteiger partial charge in [0.15, 0.2) is 5.96 Å². The predicted octanol–water partition coefficient (Wildman–Crippen LogP) is 3.00. The van der Waals surface area contributed by atoms with Crippen LogP contribution in [0.3, 0.4) is 0 Å². The van der Waals surface area contributed by atoms with E-state index in [1.165, 1.54) is 18.9 Å². The Hall–Kier alpha value is -2.31. The van der Waals surface area contributed by atoms with Crippen molar-refractivity contribution in [1.29, 1.82) is 0 Å². The Morgan fingerprint density at radius 2 is 2.10 bits per heavy atom. The number of hydrogen-bond acceptors (Lipinski definition) is 3. The highest BCUT2D eigenvalue weighted by molar-refractivity contribution is 5.81. The molecule has 30 heavy (non-hydrogen) atoms. The summed E-state index contributed by atoms with van der Waals surface area (Å²) in [4.78, 5) is 21.4. The minimum atomic E-state index is -0.215. The second kappa shape index (κ2) is 11.2. The lowest BCUT2D eigenvalue weighted by atomic mass is 10.1. The van der Waals surface area contributed by atoms with Crippen molar-refractivity contribution < 1.29 is 9.18 Å². The second-order valence-corrected chi connectivity index (χ2v) is 8.41. The Bertz CT molecular complexity index is 719. The van der Waals surface area contributed by atoms with Crippen LogP contribution in [0.25, 0.3) is 0 Å². The van der Waals surface area contributed by atoms with Crippen LogP contribution in [0.15, 0.2) is 29.3 Å². The summed E-state index contributed by atoms with van der Waals surface area (Å²) < 4.78 is 13.4. The zero-order valence-electron chi connectivity index (χ0n) is 18.4. The first-order chi connectivity index (χ1) is 14.6. The molecular weight excluding hydrogens is 381 g/mol. The molecule has 0 radical (unpaired) electrons. The molecule has 6 nitrogen and oxygen atoms in total. The fourth-order valence-corrected chi connectivity index (χ4v) is 4.36. The fourth-order valence-electron chi connectivity index (χ4n) is 4.36. The van der Waals surface area contributed by atoms with Gasteiger partial charge in [-0.15, -0.1) is 0 Å². The summed E-state index contributed by atoms with van der Waals surface area (Å²) >= 11 is 0. The maximum atomic E-state index is 13.4. The molecule has 1 amide bonds. The summed E-state index contributed by atoms with van der Waals surface area (Å²) in [6.45, 7) is 5.95. The van der Waals surface area contributed by atoms with Gasteiger partial charge >= 0.3 is 0 Å². The molecule has 1 aliphatic heterocycles. The molecule has 7 heteroatoms. The van der Waals surface area contributed by atoms with Crippen LogP contribution in [0.1, 0.15) is 45.4 Å². The maximum Gasteiger partial charge on any atom is 0.225 e. The number of likely N-dealkylation sites (tertiary alicyclic amines) is 1. The van der Waals surface area contributed by atoms with Gasteiger partial charge in [-0.1, -0.05) is 18.9 Å².